The van der Waals surface area contributed by atoms with Crippen LogP contribution in [-0.2, 0) is 17.6 Å². The zero-order chi connectivity index (χ0) is 21.3. The van der Waals surface area contributed by atoms with Gasteiger partial charge in [-0.05, 0) is 50.7 Å². The number of fused-ring (bicyclic) bond motifs is 1. The molecule has 1 fully saturated rings. The summed E-state index contributed by atoms with van der Waals surface area (Å²) in [6.45, 7) is 9.49. The lowest BCUT2D eigenvalue weighted by atomic mass is 10.1. The molecule has 8 heteroatoms. The summed E-state index contributed by atoms with van der Waals surface area (Å²) in [5.74, 6) is 0.848. The molecule has 1 aromatic carbocycles. The minimum atomic E-state index is -0.207. The van der Waals surface area contributed by atoms with E-state index >= 15 is 0 Å². The highest BCUT2D eigenvalue weighted by molar-refractivity contribution is 14.0. The van der Waals surface area contributed by atoms with Crippen molar-refractivity contribution in [3.63, 3.8) is 0 Å². The smallest absolute Gasteiger partial charge is 0.409 e. The maximum atomic E-state index is 11.9. The van der Waals surface area contributed by atoms with Crippen LogP contribution in [-0.4, -0.2) is 60.8 Å². The van der Waals surface area contributed by atoms with Gasteiger partial charge in [0.05, 0.1) is 6.61 Å². The minimum absolute atomic E-state index is 0. The Morgan fingerprint density at radius 3 is 2.68 bits per heavy atom. The lowest BCUT2D eigenvalue weighted by Crippen LogP contribution is -2.50. The maximum Gasteiger partial charge on any atom is 0.409 e. The van der Waals surface area contributed by atoms with Gasteiger partial charge in [0.2, 0.25) is 0 Å². The highest BCUT2D eigenvalue weighted by atomic mass is 127. The highest BCUT2D eigenvalue weighted by Gasteiger charge is 2.24. The number of hydrogen-bond donors (Lipinski definition) is 3. The summed E-state index contributed by atoms with van der Waals surface area (Å²) in [4.78, 5) is 21.9. The predicted molar refractivity (Wildman–Crippen MR) is 138 cm³/mol. The van der Waals surface area contributed by atoms with E-state index in [1.165, 1.54) is 22.0 Å². The summed E-state index contributed by atoms with van der Waals surface area (Å²) >= 11 is 0. The van der Waals surface area contributed by atoms with E-state index in [-0.39, 0.29) is 30.1 Å². The van der Waals surface area contributed by atoms with Crippen molar-refractivity contribution in [3.05, 3.63) is 35.5 Å². The van der Waals surface area contributed by atoms with Gasteiger partial charge in [-0.2, -0.15) is 0 Å². The number of amides is 1. The number of aryl methyl sites for hydroxylation is 1. The number of nitrogens with zero attached hydrogens (tertiary/aromatic N) is 2. The molecule has 0 aliphatic carbocycles. The first kappa shape index (κ1) is 25.3. The van der Waals surface area contributed by atoms with Gasteiger partial charge in [-0.25, -0.2) is 4.79 Å². The third-order valence-electron chi connectivity index (χ3n) is 5.63. The van der Waals surface area contributed by atoms with Gasteiger partial charge in [-0.3, -0.25) is 4.99 Å². The third kappa shape index (κ3) is 6.75. The summed E-state index contributed by atoms with van der Waals surface area (Å²) < 4.78 is 5.10. The van der Waals surface area contributed by atoms with Crippen LogP contribution in [0.25, 0.3) is 10.9 Å². The first-order valence-electron chi connectivity index (χ1n) is 11.2. The number of aliphatic imine (C=N–C) groups is 1. The Morgan fingerprint density at radius 1 is 1.23 bits per heavy atom. The number of aromatic nitrogens is 1. The molecule has 7 nitrogen and oxygen atoms in total. The second-order valence-corrected chi connectivity index (χ2v) is 7.62. The lowest BCUT2D eigenvalue weighted by molar-refractivity contribution is 0.0963. The number of nitrogens with one attached hydrogen (secondary N) is 3. The van der Waals surface area contributed by atoms with Crippen molar-refractivity contribution in [1.82, 2.24) is 20.5 Å². The van der Waals surface area contributed by atoms with Gasteiger partial charge in [0.1, 0.15) is 0 Å². The maximum absolute atomic E-state index is 11.9. The van der Waals surface area contributed by atoms with Crippen molar-refractivity contribution in [2.75, 3.05) is 32.8 Å². The molecular formula is C23H36IN5O2. The van der Waals surface area contributed by atoms with Crippen LogP contribution in [0.3, 0.4) is 0 Å². The quantitative estimate of drug-likeness (QED) is 0.281. The van der Waals surface area contributed by atoms with Gasteiger partial charge >= 0.3 is 6.09 Å². The van der Waals surface area contributed by atoms with Crippen LogP contribution in [0.4, 0.5) is 4.79 Å². The summed E-state index contributed by atoms with van der Waals surface area (Å²) in [7, 11) is 0. The molecule has 0 radical (unpaired) electrons. The Kier molecular flexibility index (Phi) is 10.4. The second kappa shape index (κ2) is 12.8. The molecule has 3 N–H and O–H groups in total. The molecule has 2 aromatic rings. The largest absolute Gasteiger partial charge is 0.450 e. The van der Waals surface area contributed by atoms with Crippen LogP contribution in [0, 0.1) is 0 Å². The number of likely N-dealkylation sites (tertiary alicyclic amines) is 1. The zero-order valence-electron chi connectivity index (χ0n) is 18.9. The summed E-state index contributed by atoms with van der Waals surface area (Å²) in [6.07, 6.45) is 5.62. The van der Waals surface area contributed by atoms with Crippen LogP contribution in [0.15, 0.2) is 29.4 Å². The summed E-state index contributed by atoms with van der Waals surface area (Å²) in [5, 5.41) is 8.18. The molecule has 1 aliphatic heterocycles. The lowest BCUT2D eigenvalue weighted by Gasteiger charge is -2.32. The van der Waals surface area contributed by atoms with E-state index in [1.807, 2.05) is 6.92 Å². The Bertz CT molecular complexity index is 859. The molecule has 0 unspecified atom stereocenters. The SMILES string of the molecule is CCNC(=NCCc1c[nH]c2c(CC)cccc12)NC1CCN(C(=O)OCC)CC1.I. The van der Waals surface area contributed by atoms with Crippen molar-refractivity contribution in [2.24, 2.45) is 4.99 Å². The fraction of sp³-hybridized carbons (Fsp3) is 0.565. The van der Waals surface area contributed by atoms with Gasteiger partial charge in [0.25, 0.3) is 0 Å². The van der Waals surface area contributed by atoms with E-state index in [0.717, 1.165) is 44.7 Å². The molecular weight excluding hydrogens is 505 g/mol. The molecule has 0 spiro atoms. The highest BCUT2D eigenvalue weighted by Crippen LogP contribution is 2.22. The number of piperidine rings is 1. The number of guanidine groups is 1. The third-order valence-corrected chi connectivity index (χ3v) is 5.63. The molecule has 0 bridgehead atoms. The van der Waals surface area contributed by atoms with E-state index in [4.69, 9.17) is 9.73 Å². The van der Waals surface area contributed by atoms with Crippen molar-refractivity contribution in [2.45, 2.75) is 52.5 Å². The van der Waals surface area contributed by atoms with Crippen molar-refractivity contribution < 1.29 is 9.53 Å². The molecule has 2 heterocycles. The fourth-order valence-electron chi connectivity index (χ4n) is 4.00. The predicted octanol–water partition coefficient (Wildman–Crippen LogP) is 4.07. The van der Waals surface area contributed by atoms with Crippen LogP contribution in [0.2, 0.25) is 0 Å². The molecule has 31 heavy (non-hydrogen) atoms. The Hall–Kier alpha value is -1.97. The van der Waals surface area contributed by atoms with Crippen molar-refractivity contribution in [1.29, 1.82) is 0 Å². The second-order valence-electron chi connectivity index (χ2n) is 7.62. The zero-order valence-corrected chi connectivity index (χ0v) is 21.2. The van der Waals surface area contributed by atoms with Crippen LogP contribution < -0.4 is 10.6 Å². The van der Waals surface area contributed by atoms with E-state index in [9.17, 15) is 4.79 Å². The normalized spacial score (nSPS) is 14.9. The van der Waals surface area contributed by atoms with E-state index < -0.39 is 0 Å². The Morgan fingerprint density at radius 2 is 2.00 bits per heavy atom. The minimum Gasteiger partial charge on any atom is -0.450 e. The Labute approximate surface area is 202 Å². The summed E-state index contributed by atoms with van der Waals surface area (Å²) in [5.41, 5.74) is 3.91. The average Bonchev–Trinajstić information content (AvgIpc) is 3.18. The molecule has 3 rings (SSSR count). The topological polar surface area (TPSA) is 81.8 Å². The van der Waals surface area contributed by atoms with Gasteiger partial charge in [0, 0.05) is 49.3 Å². The molecule has 1 saturated heterocycles. The average molecular weight is 541 g/mol. The van der Waals surface area contributed by atoms with Gasteiger partial charge in [-0.15, -0.1) is 24.0 Å². The van der Waals surface area contributed by atoms with Crippen molar-refractivity contribution >= 4 is 46.9 Å². The number of carbonyl (C=O) groups is 1. The molecule has 1 aliphatic rings. The van der Waals surface area contributed by atoms with Crippen molar-refractivity contribution in [3.8, 4) is 0 Å². The van der Waals surface area contributed by atoms with Gasteiger partial charge in [-0.1, -0.05) is 25.1 Å². The van der Waals surface area contributed by atoms with Gasteiger partial charge in [0.15, 0.2) is 5.96 Å². The van der Waals surface area contributed by atoms with Crippen LogP contribution >= 0.6 is 24.0 Å². The van der Waals surface area contributed by atoms with Crippen LogP contribution in [0.1, 0.15) is 44.7 Å². The number of benzene rings is 1. The van der Waals surface area contributed by atoms with E-state index in [1.54, 1.807) is 4.90 Å². The first-order valence-corrected chi connectivity index (χ1v) is 11.2. The monoisotopic (exact) mass is 541 g/mol. The molecule has 0 atom stereocenters. The fourth-order valence-corrected chi connectivity index (χ4v) is 4.00. The standard InChI is InChI=1S/C23H35N5O2.HI/c1-4-17-8-7-9-20-18(16-26-21(17)20)10-13-25-22(24-5-2)27-19-11-14-28(15-12-19)23(29)30-6-3;/h7-9,16,19,26H,4-6,10-15H2,1-3H3,(H2,24,25,27);1H. The Balaban J connectivity index is 0.00000341. The number of rotatable bonds is 7. The number of aromatic amines is 1. The number of para-hydroxylation sites is 1. The molecule has 1 aromatic heterocycles. The number of halogens is 1. The number of ether oxygens (including phenoxy) is 1. The number of hydrogen-bond acceptors (Lipinski definition) is 3. The first-order chi connectivity index (χ1) is 14.7. The van der Waals surface area contributed by atoms with Crippen LogP contribution in [0.5, 0.6) is 0 Å². The van der Waals surface area contributed by atoms with E-state index in [2.05, 4.69) is 53.9 Å². The molecule has 172 valence electrons. The summed E-state index contributed by atoms with van der Waals surface area (Å²) in [6, 6.07) is 6.82. The van der Waals surface area contributed by atoms with E-state index in [0.29, 0.717) is 25.7 Å². The number of H-pyrrole nitrogens is 1. The molecule has 0 saturated carbocycles. The van der Waals surface area contributed by atoms with Gasteiger partial charge < -0.3 is 25.3 Å². The number of carbonyl (C=O) groups excluding carboxylic acids is 1. The molecule has 1 amide bonds.